The number of nitrogens with zero attached hydrogens (tertiary/aromatic N) is 7. The van der Waals surface area contributed by atoms with Crippen molar-refractivity contribution in [2.75, 3.05) is 0 Å². The highest BCUT2D eigenvalue weighted by Gasteiger charge is 2.46. The fourth-order valence-electron chi connectivity index (χ4n) is 11.9. The quantitative estimate of drug-likeness (QED) is 0.136. The van der Waals surface area contributed by atoms with Crippen LogP contribution < -0.4 is 0 Å². The van der Waals surface area contributed by atoms with E-state index in [0.29, 0.717) is 34.9 Å². The summed E-state index contributed by atoms with van der Waals surface area (Å²) >= 11 is 0. The largest absolute Gasteiger partial charge is 0.309 e. The lowest BCUT2D eigenvalue weighted by Gasteiger charge is -2.34. The molecule has 11 aromatic carbocycles. The van der Waals surface area contributed by atoms with Crippen LogP contribution in [-0.4, -0.2) is 34.5 Å². The summed E-state index contributed by atoms with van der Waals surface area (Å²) in [5.41, 5.74) is 17.3. The maximum absolute atomic E-state index is 5.14. The smallest absolute Gasteiger partial charge is 0.164 e. The Hall–Kier alpha value is -10.8. The van der Waals surface area contributed by atoms with Crippen LogP contribution >= 0.6 is 0 Å². The first-order valence-corrected chi connectivity index (χ1v) is 26.9. The van der Waals surface area contributed by atoms with E-state index in [9.17, 15) is 0 Å². The van der Waals surface area contributed by atoms with Gasteiger partial charge in [0.05, 0.1) is 16.4 Å². The summed E-state index contributed by atoms with van der Waals surface area (Å²) in [5.74, 6) is 3.67. The molecule has 15 rings (SSSR count). The minimum atomic E-state index is -0.792. The van der Waals surface area contributed by atoms with Crippen molar-refractivity contribution in [2.24, 2.45) is 0 Å². The van der Waals surface area contributed by atoms with Crippen LogP contribution in [0.1, 0.15) is 22.3 Å². The molecule has 0 aliphatic heterocycles. The van der Waals surface area contributed by atoms with Crippen LogP contribution in [0.5, 0.6) is 0 Å². The van der Waals surface area contributed by atoms with Gasteiger partial charge in [0.1, 0.15) is 0 Å². The fraction of sp³-hybridized carbons (Fsp3) is 0.0137. The van der Waals surface area contributed by atoms with E-state index in [0.717, 1.165) is 61.2 Å². The highest BCUT2D eigenvalue weighted by atomic mass is 15.0. The van der Waals surface area contributed by atoms with Crippen molar-refractivity contribution in [1.82, 2.24) is 34.5 Å². The minimum absolute atomic E-state index is 0.598. The van der Waals surface area contributed by atoms with Gasteiger partial charge in [0.2, 0.25) is 0 Å². The van der Waals surface area contributed by atoms with E-state index in [1.54, 1.807) is 0 Å². The fourth-order valence-corrected chi connectivity index (χ4v) is 11.9. The monoisotopic (exact) mass is 1020 g/mol. The Morgan fingerprint density at radius 2 is 0.600 bits per heavy atom. The van der Waals surface area contributed by atoms with Gasteiger partial charge >= 0.3 is 0 Å². The van der Waals surface area contributed by atoms with E-state index >= 15 is 0 Å². The number of aromatic nitrogens is 7. The van der Waals surface area contributed by atoms with Crippen molar-refractivity contribution in [2.45, 2.75) is 5.41 Å². The molecule has 0 unspecified atom stereocenters. The van der Waals surface area contributed by atoms with Crippen molar-refractivity contribution in [3.8, 4) is 96.3 Å². The maximum atomic E-state index is 5.14. The third kappa shape index (κ3) is 7.90. The first kappa shape index (κ1) is 46.5. The molecule has 0 saturated heterocycles. The van der Waals surface area contributed by atoms with Crippen molar-refractivity contribution in [1.29, 1.82) is 0 Å². The zero-order chi connectivity index (χ0) is 53.0. The Morgan fingerprint density at radius 3 is 1.07 bits per heavy atom. The van der Waals surface area contributed by atoms with Crippen LogP contribution in [0, 0.1) is 0 Å². The van der Waals surface area contributed by atoms with Gasteiger partial charge in [-0.15, -0.1) is 0 Å². The molecule has 0 fully saturated rings. The first-order valence-electron chi connectivity index (χ1n) is 26.9. The van der Waals surface area contributed by atoms with Gasteiger partial charge in [-0.25, -0.2) is 29.9 Å². The lowest BCUT2D eigenvalue weighted by Crippen LogP contribution is -2.28. The molecular formula is C73H47N7. The number of benzene rings is 11. The summed E-state index contributed by atoms with van der Waals surface area (Å²) in [7, 11) is 0. The summed E-state index contributed by atoms with van der Waals surface area (Å²) in [6.45, 7) is 0. The molecule has 0 bridgehead atoms. The van der Waals surface area contributed by atoms with Gasteiger partial charge in [0, 0.05) is 49.8 Å². The average molecular weight is 1020 g/mol. The van der Waals surface area contributed by atoms with E-state index in [1.165, 1.54) is 44.2 Å². The van der Waals surface area contributed by atoms with E-state index < -0.39 is 5.41 Å². The highest BCUT2D eigenvalue weighted by molar-refractivity contribution is 6.10. The molecule has 7 heteroatoms. The number of para-hydroxylation sites is 1. The molecule has 0 radical (unpaired) electrons. The van der Waals surface area contributed by atoms with Crippen LogP contribution in [0.4, 0.5) is 0 Å². The number of hydrogen-bond acceptors (Lipinski definition) is 6. The molecule has 3 aromatic heterocycles. The summed E-state index contributed by atoms with van der Waals surface area (Å²) < 4.78 is 2.45. The summed E-state index contributed by atoms with van der Waals surface area (Å²) in [5, 5.41) is 2.41. The molecule has 0 spiro atoms. The molecule has 1 aliphatic carbocycles. The molecule has 7 nitrogen and oxygen atoms in total. The zero-order valence-electron chi connectivity index (χ0n) is 43.3. The van der Waals surface area contributed by atoms with Crippen molar-refractivity contribution < 1.29 is 0 Å². The van der Waals surface area contributed by atoms with Crippen molar-refractivity contribution in [3.63, 3.8) is 0 Å². The predicted molar refractivity (Wildman–Crippen MR) is 323 cm³/mol. The molecule has 3 heterocycles. The minimum Gasteiger partial charge on any atom is -0.309 e. The lowest BCUT2D eigenvalue weighted by molar-refractivity contribution is 0.767. The van der Waals surface area contributed by atoms with Gasteiger partial charge in [-0.05, 0) is 68.8 Å². The van der Waals surface area contributed by atoms with Gasteiger partial charge < -0.3 is 4.57 Å². The van der Waals surface area contributed by atoms with Gasteiger partial charge in [-0.2, -0.15) is 0 Å². The Balaban J connectivity index is 0.945. The molecule has 0 atom stereocenters. The van der Waals surface area contributed by atoms with Crippen molar-refractivity contribution in [3.05, 3.63) is 307 Å². The SMILES string of the molecule is c1ccc(-c2ccc3c4ccccc4n(-c4ccc5c(c4)C(c4ccc(-c6nc(-c7ccccc7)nc(-c7ccccc7)n6)cc4)(c4ccc(-c6nc(-c7ccccc7)nc(-c7ccccc7)n6)cc4)c4ccccc4-5)c3c2)cc1. The van der Waals surface area contributed by atoms with Crippen LogP contribution in [0.3, 0.4) is 0 Å². The van der Waals surface area contributed by atoms with Crippen LogP contribution in [0.2, 0.25) is 0 Å². The van der Waals surface area contributed by atoms with Gasteiger partial charge in [0.25, 0.3) is 0 Å². The molecule has 0 amide bonds. The lowest BCUT2D eigenvalue weighted by atomic mass is 9.67. The summed E-state index contributed by atoms with van der Waals surface area (Å²) in [6.07, 6.45) is 0. The molecule has 0 N–H and O–H groups in total. The molecule has 374 valence electrons. The molecule has 80 heavy (non-hydrogen) atoms. The van der Waals surface area contributed by atoms with E-state index in [1.807, 2.05) is 121 Å². The van der Waals surface area contributed by atoms with E-state index in [-0.39, 0.29) is 0 Å². The highest BCUT2D eigenvalue weighted by Crippen LogP contribution is 2.57. The number of fused-ring (bicyclic) bond motifs is 6. The van der Waals surface area contributed by atoms with Crippen LogP contribution in [0.15, 0.2) is 285 Å². The normalized spacial score (nSPS) is 12.3. The topological polar surface area (TPSA) is 82.3 Å². The average Bonchev–Trinajstić information content (AvgIpc) is 4.26. The molecule has 0 saturated carbocycles. The Morgan fingerprint density at radius 1 is 0.237 bits per heavy atom. The maximum Gasteiger partial charge on any atom is 0.164 e. The third-order valence-electron chi connectivity index (χ3n) is 15.6. The first-order chi connectivity index (χ1) is 39.6. The van der Waals surface area contributed by atoms with Crippen LogP contribution in [-0.2, 0) is 5.41 Å². The second kappa shape index (κ2) is 19.4. The summed E-state index contributed by atoms with van der Waals surface area (Å²) in [4.78, 5) is 30.6. The summed E-state index contributed by atoms with van der Waals surface area (Å²) in [6, 6.07) is 101. The number of rotatable bonds is 10. The Labute approximate surface area is 463 Å². The van der Waals surface area contributed by atoms with Crippen molar-refractivity contribution >= 4 is 21.8 Å². The number of hydrogen-bond donors (Lipinski definition) is 0. The molecular weight excluding hydrogens is 975 g/mol. The third-order valence-corrected chi connectivity index (χ3v) is 15.6. The zero-order valence-corrected chi connectivity index (χ0v) is 43.3. The van der Waals surface area contributed by atoms with Crippen LogP contribution in [0.25, 0.3) is 118 Å². The Bertz CT molecular complexity index is 4320. The van der Waals surface area contributed by atoms with Gasteiger partial charge in [0.15, 0.2) is 34.9 Å². The Kier molecular flexibility index (Phi) is 11.3. The van der Waals surface area contributed by atoms with Gasteiger partial charge in [-0.1, -0.05) is 261 Å². The van der Waals surface area contributed by atoms with E-state index in [2.05, 4.69) is 168 Å². The second-order valence-corrected chi connectivity index (χ2v) is 20.2. The second-order valence-electron chi connectivity index (χ2n) is 20.2. The molecule has 14 aromatic rings. The predicted octanol–water partition coefficient (Wildman–Crippen LogP) is 17.2. The van der Waals surface area contributed by atoms with E-state index in [4.69, 9.17) is 29.9 Å². The molecule has 1 aliphatic rings. The standard InChI is InChI=1S/C73H47N7/c1-6-20-48(21-7-1)55-38-44-62-61-31-17-19-33-65(61)80(66(62)46-55)58-43-45-60-59-30-16-18-32-63(59)73(64(60)47-58,56-39-34-53(35-40-56)71-76-67(49-22-8-2-9-23-49)74-68(77-71)50-24-10-3-11-25-50)57-41-36-54(37-42-57)72-78-69(51-26-12-4-13-27-51)75-70(79-72)52-28-14-5-15-29-52/h1-47H. The van der Waals surface area contributed by atoms with Gasteiger partial charge in [-0.3, -0.25) is 0 Å².